The maximum absolute atomic E-state index is 13.7. The minimum atomic E-state index is -0.0263. The van der Waals surface area contributed by atoms with Crippen LogP contribution in [0.25, 0.3) is 22.2 Å². The molecular formula is C27H31N5O. The summed E-state index contributed by atoms with van der Waals surface area (Å²) in [5, 5.41) is 8.48. The van der Waals surface area contributed by atoms with E-state index in [2.05, 4.69) is 48.5 Å². The fourth-order valence-electron chi connectivity index (χ4n) is 4.21. The zero-order valence-electron chi connectivity index (χ0n) is 20.0. The standard InChI is InChI=1S/C27H31N5O/c1-6-32-19(3)22(16-29-32)17-31(5)27(33)24-14-26(21-9-7-8-18(2)12-21)30-25-11-10-20(15-28-4)13-23(24)25/h7-14,16,28H,6,15,17H2,1-5H3. The Labute approximate surface area is 195 Å². The average molecular weight is 442 g/mol. The summed E-state index contributed by atoms with van der Waals surface area (Å²) in [6.45, 7) is 8.22. The Morgan fingerprint density at radius 2 is 1.94 bits per heavy atom. The van der Waals surface area contributed by atoms with E-state index < -0.39 is 0 Å². The van der Waals surface area contributed by atoms with Gasteiger partial charge in [-0.1, -0.05) is 29.8 Å². The normalized spacial score (nSPS) is 11.2. The minimum absolute atomic E-state index is 0.0263. The summed E-state index contributed by atoms with van der Waals surface area (Å²) in [6.07, 6.45) is 1.86. The summed E-state index contributed by atoms with van der Waals surface area (Å²) in [5.74, 6) is -0.0263. The van der Waals surface area contributed by atoms with Gasteiger partial charge in [-0.2, -0.15) is 5.10 Å². The predicted octanol–water partition coefficient (Wildman–Crippen LogP) is 4.73. The molecule has 6 heteroatoms. The Balaban J connectivity index is 1.79. The smallest absolute Gasteiger partial charge is 0.254 e. The molecule has 170 valence electrons. The number of hydrogen-bond donors (Lipinski definition) is 1. The molecule has 0 aliphatic carbocycles. The molecule has 0 aliphatic heterocycles. The van der Waals surface area contributed by atoms with Crippen molar-refractivity contribution < 1.29 is 4.79 Å². The molecule has 1 amide bonds. The number of nitrogens with one attached hydrogen (secondary N) is 1. The molecule has 0 aliphatic rings. The predicted molar refractivity (Wildman–Crippen MR) is 133 cm³/mol. The van der Waals surface area contributed by atoms with Gasteiger partial charge in [-0.3, -0.25) is 9.48 Å². The van der Waals surface area contributed by atoms with E-state index in [9.17, 15) is 4.79 Å². The molecule has 0 unspecified atom stereocenters. The first kappa shape index (κ1) is 22.7. The molecule has 0 saturated heterocycles. The van der Waals surface area contributed by atoms with Crippen molar-refractivity contribution in [2.75, 3.05) is 14.1 Å². The number of hydrogen-bond acceptors (Lipinski definition) is 4. The third-order valence-electron chi connectivity index (χ3n) is 6.06. The highest BCUT2D eigenvalue weighted by molar-refractivity contribution is 6.07. The van der Waals surface area contributed by atoms with Gasteiger partial charge in [0.25, 0.3) is 5.91 Å². The molecule has 0 fully saturated rings. The Morgan fingerprint density at radius 3 is 2.64 bits per heavy atom. The Hall–Kier alpha value is -3.51. The number of carbonyl (C=O) groups excluding carboxylic acids is 1. The van der Waals surface area contributed by atoms with Gasteiger partial charge in [0.1, 0.15) is 0 Å². The molecule has 2 aromatic carbocycles. The van der Waals surface area contributed by atoms with E-state index in [1.54, 1.807) is 4.90 Å². The van der Waals surface area contributed by atoms with Gasteiger partial charge >= 0.3 is 0 Å². The average Bonchev–Trinajstić information content (AvgIpc) is 3.17. The summed E-state index contributed by atoms with van der Waals surface area (Å²) in [4.78, 5) is 20.4. The number of fused-ring (bicyclic) bond motifs is 1. The Bertz CT molecular complexity index is 1310. The second kappa shape index (κ2) is 9.55. The van der Waals surface area contributed by atoms with Gasteiger partial charge in [0, 0.05) is 48.9 Å². The molecule has 2 heterocycles. The summed E-state index contributed by atoms with van der Waals surface area (Å²) in [6, 6.07) is 16.3. The monoisotopic (exact) mass is 441 g/mol. The van der Waals surface area contributed by atoms with Gasteiger partial charge in [-0.15, -0.1) is 0 Å². The minimum Gasteiger partial charge on any atom is -0.337 e. The van der Waals surface area contributed by atoms with Crippen LogP contribution in [0.2, 0.25) is 0 Å². The van der Waals surface area contributed by atoms with Crippen molar-refractivity contribution in [2.24, 2.45) is 0 Å². The van der Waals surface area contributed by atoms with E-state index in [0.29, 0.717) is 12.1 Å². The van der Waals surface area contributed by atoms with Crippen LogP contribution in [-0.4, -0.2) is 39.7 Å². The number of benzene rings is 2. The molecule has 0 atom stereocenters. The summed E-state index contributed by atoms with van der Waals surface area (Å²) >= 11 is 0. The number of aryl methyl sites for hydroxylation is 2. The second-order valence-electron chi connectivity index (χ2n) is 8.54. The molecule has 0 bridgehead atoms. The third-order valence-corrected chi connectivity index (χ3v) is 6.06. The van der Waals surface area contributed by atoms with Crippen molar-refractivity contribution in [3.05, 3.63) is 82.7 Å². The van der Waals surface area contributed by atoms with Crippen molar-refractivity contribution >= 4 is 16.8 Å². The van der Waals surface area contributed by atoms with E-state index in [0.717, 1.165) is 57.6 Å². The third kappa shape index (κ3) is 4.66. The van der Waals surface area contributed by atoms with Gasteiger partial charge in [-0.25, -0.2) is 4.98 Å². The van der Waals surface area contributed by atoms with E-state index >= 15 is 0 Å². The van der Waals surface area contributed by atoms with Gasteiger partial charge in [0.05, 0.1) is 23.0 Å². The van der Waals surface area contributed by atoms with Gasteiger partial charge < -0.3 is 10.2 Å². The highest BCUT2D eigenvalue weighted by Gasteiger charge is 2.20. The van der Waals surface area contributed by atoms with Gasteiger partial charge in [0.2, 0.25) is 0 Å². The maximum atomic E-state index is 13.7. The highest BCUT2D eigenvalue weighted by Crippen LogP contribution is 2.27. The molecule has 1 N–H and O–H groups in total. The van der Waals surface area contributed by atoms with Crippen LogP contribution >= 0.6 is 0 Å². The lowest BCUT2D eigenvalue weighted by Gasteiger charge is -2.19. The van der Waals surface area contributed by atoms with E-state index in [1.807, 2.05) is 56.2 Å². The van der Waals surface area contributed by atoms with Crippen molar-refractivity contribution in [3.8, 4) is 11.3 Å². The largest absolute Gasteiger partial charge is 0.337 e. The molecule has 0 saturated carbocycles. The molecule has 6 nitrogen and oxygen atoms in total. The van der Waals surface area contributed by atoms with Crippen LogP contribution < -0.4 is 5.32 Å². The van der Waals surface area contributed by atoms with E-state index in [1.165, 1.54) is 0 Å². The van der Waals surface area contributed by atoms with Crippen LogP contribution in [-0.2, 0) is 19.6 Å². The Kier molecular flexibility index (Phi) is 6.56. The van der Waals surface area contributed by atoms with Crippen LogP contribution in [0.3, 0.4) is 0 Å². The topological polar surface area (TPSA) is 63.1 Å². The molecule has 4 rings (SSSR count). The summed E-state index contributed by atoms with van der Waals surface area (Å²) < 4.78 is 1.95. The number of amides is 1. The molecule has 0 radical (unpaired) electrons. The first-order valence-corrected chi connectivity index (χ1v) is 11.3. The van der Waals surface area contributed by atoms with Crippen LogP contribution in [0, 0.1) is 13.8 Å². The second-order valence-corrected chi connectivity index (χ2v) is 8.54. The lowest BCUT2D eigenvalue weighted by Crippen LogP contribution is -2.27. The van der Waals surface area contributed by atoms with Crippen LogP contribution in [0.1, 0.15) is 39.7 Å². The van der Waals surface area contributed by atoms with Crippen LogP contribution in [0.4, 0.5) is 0 Å². The molecule has 4 aromatic rings. The van der Waals surface area contributed by atoms with Crippen molar-refractivity contribution in [1.82, 2.24) is 25.0 Å². The number of rotatable bonds is 7. The van der Waals surface area contributed by atoms with Gasteiger partial charge in [-0.05, 0) is 57.6 Å². The number of pyridine rings is 1. The fraction of sp³-hybridized carbons (Fsp3) is 0.296. The molecular weight excluding hydrogens is 410 g/mol. The molecule has 0 spiro atoms. The quantitative estimate of drug-likeness (QED) is 0.450. The zero-order chi connectivity index (χ0) is 23.5. The summed E-state index contributed by atoms with van der Waals surface area (Å²) in [5.41, 5.74) is 7.72. The van der Waals surface area contributed by atoms with Crippen molar-refractivity contribution in [3.63, 3.8) is 0 Å². The number of carbonyl (C=O) groups is 1. The first-order chi connectivity index (χ1) is 15.9. The lowest BCUT2D eigenvalue weighted by molar-refractivity contribution is 0.0787. The van der Waals surface area contributed by atoms with E-state index in [-0.39, 0.29) is 5.91 Å². The maximum Gasteiger partial charge on any atom is 0.254 e. The first-order valence-electron chi connectivity index (χ1n) is 11.3. The molecule has 33 heavy (non-hydrogen) atoms. The zero-order valence-corrected chi connectivity index (χ0v) is 20.0. The Morgan fingerprint density at radius 1 is 1.12 bits per heavy atom. The fourth-order valence-corrected chi connectivity index (χ4v) is 4.21. The lowest BCUT2D eigenvalue weighted by atomic mass is 10.0. The van der Waals surface area contributed by atoms with Crippen LogP contribution in [0.5, 0.6) is 0 Å². The van der Waals surface area contributed by atoms with Crippen molar-refractivity contribution in [2.45, 2.75) is 40.4 Å². The van der Waals surface area contributed by atoms with Gasteiger partial charge in [0.15, 0.2) is 0 Å². The van der Waals surface area contributed by atoms with Crippen molar-refractivity contribution in [1.29, 1.82) is 0 Å². The number of aromatic nitrogens is 3. The summed E-state index contributed by atoms with van der Waals surface area (Å²) in [7, 11) is 3.77. The number of nitrogens with zero attached hydrogens (tertiary/aromatic N) is 4. The van der Waals surface area contributed by atoms with E-state index in [4.69, 9.17) is 4.98 Å². The SMILES string of the molecule is CCn1ncc(CN(C)C(=O)c2cc(-c3cccc(C)c3)nc3ccc(CNC)cc23)c1C. The highest BCUT2D eigenvalue weighted by atomic mass is 16.2. The van der Waals surface area contributed by atoms with Crippen LogP contribution in [0.15, 0.2) is 54.7 Å². The molecule has 2 aromatic heterocycles.